The molecule has 0 aliphatic carbocycles. The predicted molar refractivity (Wildman–Crippen MR) is 101 cm³/mol. The van der Waals surface area contributed by atoms with Crippen LogP contribution in [0.1, 0.15) is 11.3 Å². The topological polar surface area (TPSA) is 88.8 Å². The third-order valence-corrected chi connectivity index (χ3v) is 6.14. The molecule has 2 amide bonds. The van der Waals surface area contributed by atoms with Gasteiger partial charge in [0.1, 0.15) is 5.60 Å². The Balaban J connectivity index is 1.32. The van der Waals surface area contributed by atoms with E-state index >= 15 is 0 Å². The van der Waals surface area contributed by atoms with Gasteiger partial charge in [0.15, 0.2) is 5.76 Å². The fourth-order valence-corrected chi connectivity index (χ4v) is 4.75. The van der Waals surface area contributed by atoms with Crippen molar-refractivity contribution in [2.75, 3.05) is 20.1 Å². The monoisotopic (exact) mass is 394 g/mol. The van der Waals surface area contributed by atoms with Crippen LogP contribution < -0.4 is 0 Å². The molecule has 3 aliphatic heterocycles. The maximum atomic E-state index is 13.2. The molecule has 5 rings (SSSR count). The van der Waals surface area contributed by atoms with Gasteiger partial charge in [-0.3, -0.25) is 14.6 Å². The first-order chi connectivity index (χ1) is 14.1. The Morgan fingerprint density at radius 1 is 1.31 bits per heavy atom. The number of amides is 2. The van der Waals surface area contributed by atoms with Gasteiger partial charge in [0.2, 0.25) is 11.8 Å². The van der Waals surface area contributed by atoms with Gasteiger partial charge < -0.3 is 19.1 Å². The Bertz CT molecular complexity index is 945. The van der Waals surface area contributed by atoms with Crippen molar-refractivity contribution in [2.45, 2.75) is 24.7 Å². The summed E-state index contributed by atoms with van der Waals surface area (Å²) in [6.45, 7) is 1.40. The summed E-state index contributed by atoms with van der Waals surface area (Å²) >= 11 is 0. The van der Waals surface area contributed by atoms with Crippen molar-refractivity contribution in [3.63, 3.8) is 0 Å². The average Bonchev–Trinajstić information content (AvgIpc) is 3.49. The molecule has 8 nitrogen and oxygen atoms in total. The fraction of sp³-hybridized carbons (Fsp3) is 0.429. The van der Waals surface area contributed by atoms with Gasteiger partial charge in [-0.05, 0) is 24.1 Å². The van der Waals surface area contributed by atoms with E-state index in [0.717, 1.165) is 12.0 Å². The van der Waals surface area contributed by atoms with Crippen molar-refractivity contribution in [2.24, 2.45) is 11.8 Å². The van der Waals surface area contributed by atoms with E-state index in [1.807, 2.05) is 29.2 Å². The molecule has 2 bridgehead atoms. The molecule has 0 radical (unpaired) electrons. The first-order valence-electron chi connectivity index (χ1n) is 9.77. The maximum absolute atomic E-state index is 13.2. The number of likely N-dealkylation sites (tertiary alicyclic amines) is 1. The lowest BCUT2D eigenvalue weighted by molar-refractivity contribution is -0.142. The summed E-state index contributed by atoms with van der Waals surface area (Å²) < 4.78 is 11.3. The Hall–Kier alpha value is -3.00. The van der Waals surface area contributed by atoms with Gasteiger partial charge in [0.05, 0.1) is 37.2 Å². The van der Waals surface area contributed by atoms with E-state index in [4.69, 9.17) is 9.26 Å². The molecule has 8 heteroatoms. The summed E-state index contributed by atoms with van der Waals surface area (Å²) in [5.41, 5.74) is 0.440. The van der Waals surface area contributed by atoms with Crippen LogP contribution in [0.4, 0.5) is 0 Å². The molecular weight excluding hydrogens is 372 g/mol. The Morgan fingerprint density at radius 2 is 2.14 bits per heavy atom. The SMILES string of the molecule is CN(Cc1ccno1)C(=O)[C@@H]1[C@@H]2C=C[C@@]3(CN(CCc4ccncc4)C(=O)[C@@H]13)O2. The summed E-state index contributed by atoms with van der Waals surface area (Å²) in [6, 6.07) is 5.63. The molecule has 3 aliphatic rings. The summed E-state index contributed by atoms with van der Waals surface area (Å²) in [5.74, 6) is -0.484. The molecule has 2 fully saturated rings. The number of hydrogen-bond donors (Lipinski definition) is 0. The molecule has 4 atom stereocenters. The summed E-state index contributed by atoms with van der Waals surface area (Å²) in [5, 5.41) is 3.68. The molecule has 0 N–H and O–H groups in total. The second-order valence-electron chi connectivity index (χ2n) is 7.94. The minimum Gasteiger partial charge on any atom is -0.360 e. The van der Waals surface area contributed by atoms with E-state index in [9.17, 15) is 9.59 Å². The zero-order valence-corrected chi connectivity index (χ0v) is 16.1. The third kappa shape index (κ3) is 2.95. The van der Waals surface area contributed by atoms with Crippen LogP contribution in [0.15, 0.2) is 53.5 Å². The molecular formula is C21H22N4O4. The van der Waals surface area contributed by atoms with Crippen LogP contribution in [0, 0.1) is 11.8 Å². The number of carbonyl (C=O) groups excluding carboxylic acids is 2. The Labute approximate surface area is 168 Å². The third-order valence-electron chi connectivity index (χ3n) is 6.14. The van der Waals surface area contributed by atoms with Crippen molar-refractivity contribution in [3.8, 4) is 0 Å². The van der Waals surface area contributed by atoms with Crippen LogP contribution in [0.2, 0.25) is 0 Å². The predicted octanol–water partition coefficient (Wildman–Crippen LogP) is 1.05. The Morgan fingerprint density at radius 3 is 2.90 bits per heavy atom. The molecule has 0 unspecified atom stereocenters. The summed E-state index contributed by atoms with van der Waals surface area (Å²) in [6.07, 6.45) is 9.35. The van der Waals surface area contributed by atoms with Crippen LogP contribution in [-0.4, -0.2) is 63.6 Å². The van der Waals surface area contributed by atoms with E-state index < -0.39 is 17.4 Å². The van der Waals surface area contributed by atoms with Crippen LogP contribution in [0.25, 0.3) is 0 Å². The molecule has 2 aromatic heterocycles. The molecule has 150 valence electrons. The quantitative estimate of drug-likeness (QED) is 0.681. The van der Waals surface area contributed by atoms with Gasteiger partial charge in [-0.25, -0.2) is 0 Å². The van der Waals surface area contributed by atoms with Crippen LogP contribution in [0.3, 0.4) is 0 Å². The van der Waals surface area contributed by atoms with Gasteiger partial charge in [0, 0.05) is 32.1 Å². The number of rotatable bonds is 6. The van der Waals surface area contributed by atoms with Gasteiger partial charge >= 0.3 is 0 Å². The van der Waals surface area contributed by atoms with Crippen molar-refractivity contribution >= 4 is 11.8 Å². The lowest BCUT2D eigenvalue weighted by atomic mass is 9.76. The summed E-state index contributed by atoms with van der Waals surface area (Å²) in [4.78, 5) is 33.9. The minimum atomic E-state index is -0.687. The van der Waals surface area contributed by atoms with E-state index in [0.29, 0.717) is 25.4 Å². The number of pyridine rings is 1. The molecule has 0 saturated carbocycles. The first kappa shape index (κ1) is 18.1. The number of aromatic nitrogens is 2. The molecule has 5 heterocycles. The lowest BCUT2D eigenvalue weighted by Crippen LogP contribution is -2.44. The average molecular weight is 394 g/mol. The maximum Gasteiger partial charge on any atom is 0.230 e. The van der Waals surface area contributed by atoms with E-state index in [1.54, 1.807) is 36.6 Å². The smallest absolute Gasteiger partial charge is 0.230 e. The summed E-state index contributed by atoms with van der Waals surface area (Å²) in [7, 11) is 1.72. The highest BCUT2D eigenvalue weighted by Gasteiger charge is 2.66. The van der Waals surface area contributed by atoms with Crippen LogP contribution in [-0.2, 0) is 27.3 Å². The Kier molecular flexibility index (Phi) is 4.24. The molecule has 0 aromatic carbocycles. The van der Waals surface area contributed by atoms with E-state index in [2.05, 4.69) is 10.1 Å². The number of ether oxygens (including phenoxy) is 1. The van der Waals surface area contributed by atoms with Gasteiger partial charge in [-0.15, -0.1) is 0 Å². The highest BCUT2D eigenvalue weighted by Crippen LogP contribution is 2.52. The minimum absolute atomic E-state index is 0.00248. The van der Waals surface area contributed by atoms with Crippen molar-refractivity contribution < 1.29 is 18.8 Å². The van der Waals surface area contributed by atoms with Gasteiger partial charge in [0.25, 0.3) is 0 Å². The standard InChI is InChI=1S/C21H22N4O4/c1-24(12-15-5-10-23-29-15)19(26)17-16-2-7-21(28-16)13-25(20(27)18(17)21)11-6-14-3-8-22-9-4-14/h2-5,7-10,16-18H,6,11-13H2,1H3/t16-,17+,18+,21-/m0/s1. The number of carbonyl (C=O) groups is 2. The van der Waals surface area contributed by atoms with E-state index in [1.165, 1.54) is 0 Å². The van der Waals surface area contributed by atoms with Crippen molar-refractivity contribution in [3.05, 3.63) is 60.3 Å². The van der Waals surface area contributed by atoms with Crippen molar-refractivity contribution in [1.29, 1.82) is 0 Å². The number of nitrogens with zero attached hydrogens (tertiary/aromatic N) is 4. The lowest BCUT2D eigenvalue weighted by Gasteiger charge is -2.27. The number of fused-ring (bicyclic) bond motifs is 1. The van der Waals surface area contributed by atoms with Crippen LogP contribution in [0.5, 0.6) is 0 Å². The highest BCUT2D eigenvalue weighted by molar-refractivity contribution is 5.93. The fourth-order valence-electron chi connectivity index (χ4n) is 4.75. The second-order valence-corrected chi connectivity index (χ2v) is 7.94. The molecule has 2 saturated heterocycles. The molecule has 1 spiro atoms. The number of hydrogen-bond acceptors (Lipinski definition) is 6. The first-order valence-corrected chi connectivity index (χ1v) is 9.77. The van der Waals surface area contributed by atoms with Gasteiger partial charge in [-0.1, -0.05) is 17.3 Å². The zero-order valence-electron chi connectivity index (χ0n) is 16.1. The second kappa shape index (κ2) is 6.81. The zero-order chi connectivity index (χ0) is 20.0. The highest BCUT2D eigenvalue weighted by atomic mass is 16.5. The van der Waals surface area contributed by atoms with Gasteiger partial charge in [-0.2, -0.15) is 0 Å². The van der Waals surface area contributed by atoms with E-state index in [-0.39, 0.29) is 17.9 Å². The van der Waals surface area contributed by atoms with Crippen molar-refractivity contribution in [1.82, 2.24) is 19.9 Å². The van der Waals surface area contributed by atoms with Crippen LogP contribution >= 0.6 is 0 Å². The molecule has 2 aromatic rings. The molecule has 29 heavy (non-hydrogen) atoms. The normalized spacial score (nSPS) is 29.5. The largest absolute Gasteiger partial charge is 0.360 e.